The van der Waals surface area contributed by atoms with Crippen LogP contribution in [0.1, 0.15) is 38.1 Å². The van der Waals surface area contributed by atoms with Gasteiger partial charge in [-0.25, -0.2) is 10.4 Å². The highest BCUT2D eigenvalue weighted by atomic mass is 15.3. The summed E-state index contributed by atoms with van der Waals surface area (Å²) in [6, 6.07) is 0.235. The Kier molecular flexibility index (Phi) is 2.84. The van der Waals surface area contributed by atoms with Gasteiger partial charge in [0.2, 0.25) is 0 Å². The van der Waals surface area contributed by atoms with Crippen molar-refractivity contribution >= 4 is 0 Å². The molecule has 0 amide bonds. The lowest BCUT2D eigenvalue weighted by molar-refractivity contribution is 0.221. The zero-order chi connectivity index (χ0) is 9.97. The lowest BCUT2D eigenvalue weighted by atomic mass is 9.79. The zero-order valence-corrected chi connectivity index (χ0v) is 8.61. The fourth-order valence-corrected chi connectivity index (χ4v) is 2.06. The second-order valence-corrected chi connectivity index (χ2v) is 3.91. The quantitative estimate of drug-likeness (QED) is 0.559. The van der Waals surface area contributed by atoms with E-state index in [1.165, 1.54) is 19.3 Å². The first-order valence-corrected chi connectivity index (χ1v) is 5.34. The molecule has 1 fully saturated rings. The van der Waals surface area contributed by atoms with E-state index >= 15 is 0 Å². The molecule has 1 aliphatic carbocycles. The van der Waals surface area contributed by atoms with Crippen molar-refractivity contribution in [1.82, 2.24) is 15.0 Å². The summed E-state index contributed by atoms with van der Waals surface area (Å²) in [6.07, 6.45) is 7.73. The maximum Gasteiger partial charge on any atom is 0.127 e. The van der Waals surface area contributed by atoms with Gasteiger partial charge in [-0.3, -0.25) is 5.84 Å². The molecule has 14 heavy (non-hydrogen) atoms. The van der Waals surface area contributed by atoms with Crippen LogP contribution in [0.15, 0.2) is 12.4 Å². The van der Waals surface area contributed by atoms with Crippen LogP contribution in [-0.4, -0.2) is 9.55 Å². The number of rotatable bonds is 4. The number of hydrogen-bond donors (Lipinski definition) is 2. The van der Waals surface area contributed by atoms with E-state index in [4.69, 9.17) is 5.84 Å². The summed E-state index contributed by atoms with van der Waals surface area (Å²) < 4.78 is 2.16. The summed E-state index contributed by atoms with van der Waals surface area (Å²) >= 11 is 0. The highest BCUT2D eigenvalue weighted by Crippen LogP contribution is 2.36. The number of hydrogen-bond acceptors (Lipinski definition) is 3. The molecular weight excluding hydrogens is 176 g/mol. The molecule has 1 unspecified atom stereocenters. The Labute approximate surface area is 84.5 Å². The average molecular weight is 194 g/mol. The molecule has 0 radical (unpaired) electrons. The van der Waals surface area contributed by atoms with Crippen molar-refractivity contribution in [2.24, 2.45) is 11.8 Å². The Morgan fingerprint density at radius 1 is 1.71 bits per heavy atom. The number of aromatic nitrogens is 2. The minimum Gasteiger partial charge on any atom is -0.334 e. The van der Waals surface area contributed by atoms with E-state index in [1.54, 1.807) is 0 Å². The minimum atomic E-state index is 0.235. The monoisotopic (exact) mass is 194 g/mol. The minimum absolute atomic E-state index is 0.235. The predicted octanol–water partition coefficient (Wildman–Crippen LogP) is 1.21. The van der Waals surface area contributed by atoms with Crippen molar-refractivity contribution in [2.45, 2.75) is 38.8 Å². The van der Waals surface area contributed by atoms with Crippen molar-refractivity contribution in [1.29, 1.82) is 0 Å². The summed E-state index contributed by atoms with van der Waals surface area (Å²) in [5, 5.41) is 0. The third kappa shape index (κ3) is 1.55. The van der Waals surface area contributed by atoms with Crippen LogP contribution in [0.2, 0.25) is 0 Å². The maximum absolute atomic E-state index is 5.59. The molecule has 1 heterocycles. The van der Waals surface area contributed by atoms with E-state index in [0.29, 0.717) is 5.92 Å². The first-order valence-electron chi connectivity index (χ1n) is 5.34. The van der Waals surface area contributed by atoms with E-state index in [1.807, 2.05) is 12.4 Å². The third-order valence-electron chi connectivity index (χ3n) is 3.17. The molecule has 0 bridgehead atoms. The molecule has 0 aliphatic heterocycles. The highest BCUT2D eigenvalue weighted by molar-refractivity contribution is 5.02. The van der Waals surface area contributed by atoms with E-state index in [-0.39, 0.29) is 6.04 Å². The largest absolute Gasteiger partial charge is 0.334 e. The third-order valence-corrected chi connectivity index (χ3v) is 3.17. The number of imidazole rings is 1. The van der Waals surface area contributed by atoms with Gasteiger partial charge < -0.3 is 4.57 Å². The molecule has 0 saturated heterocycles. The number of hydrazine groups is 1. The van der Waals surface area contributed by atoms with E-state index in [9.17, 15) is 0 Å². The Balaban J connectivity index is 2.17. The number of nitrogens with zero attached hydrogens (tertiary/aromatic N) is 2. The Morgan fingerprint density at radius 3 is 3.00 bits per heavy atom. The Morgan fingerprint density at radius 2 is 2.50 bits per heavy atom. The topological polar surface area (TPSA) is 55.9 Å². The highest BCUT2D eigenvalue weighted by Gasteiger charge is 2.30. The van der Waals surface area contributed by atoms with Crippen molar-refractivity contribution in [3.63, 3.8) is 0 Å². The Hall–Kier alpha value is -0.870. The van der Waals surface area contributed by atoms with Crippen molar-refractivity contribution in [3.05, 3.63) is 18.2 Å². The van der Waals surface area contributed by atoms with E-state index in [2.05, 4.69) is 21.9 Å². The van der Waals surface area contributed by atoms with Crippen LogP contribution in [0, 0.1) is 5.92 Å². The van der Waals surface area contributed by atoms with E-state index in [0.717, 1.165) is 12.4 Å². The summed E-state index contributed by atoms with van der Waals surface area (Å²) in [4.78, 5) is 4.38. The average Bonchev–Trinajstić information content (AvgIpc) is 2.58. The molecule has 1 aromatic rings. The van der Waals surface area contributed by atoms with Crippen LogP contribution in [0.3, 0.4) is 0 Å². The summed E-state index contributed by atoms with van der Waals surface area (Å²) in [5.41, 5.74) is 2.90. The van der Waals surface area contributed by atoms with Gasteiger partial charge in [0.1, 0.15) is 5.82 Å². The van der Waals surface area contributed by atoms with Crippen LogP contribution in [-0.2, 0) is 6.54 Å². The van der Waals surface area contributed by atoms with Gasteiger partial charge >= 0.3 is 0 Å². The first kappa shape index (κ1) is 9.68. The summed E-state index contributed by atoms with van der Waals surface area (Å²) in [6.45, 7) is 3.08. The van der Waals surface area contributed by atoms with Crippen LogP contribution < -0.4 is 11.3 Å². The molecule has 2 rings (SSSR count). The summed E-state index contributed by atoms with van der Waals surface area (Å²) in [5.74, 6) is 7.35. The van der Waals surface area contributed by atoms with Crippen LogP contribution >= 0.6 is 0 Å². The standard InChI is InChI=1S/C10H18N4/c1-2-14-7-6-12-10(14)9(13-11)8-4-3-5-8/h6-9,13H,2-5,11H2,1H3. The molecule has 1 aliphatic rings. The maximum atomic E-state index is 5.59. The smallest absolute Gasteiger partial charge is 0.127 e. The summed E-state index contributed by atoms with van der Waals surface area (Å²) in [7, 11) is 0. The second-order valence-electron chi connectivity index (χ2n) is 3.91. The molecule has 1 saturated carbocycles. The Bertz CT molecular complexity index is 290. The number of nitrogens with one attached hydrogen (secondary N) is 1. The van der Waals surface area contributed by atoms with Gasteiger partial charge in [-0.1, -0.05) is 6.42 Å². The normalized spacial score (nSPS) is 19.3. The molecule has 0 spiro atoms. The molecular formula is C10H18N4. The first-order chi connectivity index (χ1) is 6.86. The van der Waals surface area contributed by atoms with Crippen LogP contribution in [0.5, 0.6) is 0 Å². The van der Waals surface area contributed by atoms with Gasteiger partial charge in [-0.15, -0.1) is 0 Å². The molecule has 4 heteroatoms. The lowest BCUT2D eigenvalue weighted by Crippen LogP contribution is -2.38. The van der Waals surface area contributed by atoms with Gasteiger partial charge in [0.15, 0.2) is 0 Å². The molecule has 4 nitrogen and oxygen atoms in total. The van der Waals surface area contributed by atoms with Crippen molar-refractivity contribution in [2.75, 3.05) is 0 Å². The SMILES string of the molecule is CCn1ccnc1C(NN)C1CCC1. The second kappa shape index (κ2) is 4.11. The number of aryl methyl sites for hydroxylation is 1. The zero-order valence-electron chi connectivity index (χ0n) is 8.61. The molecule has 3 N–H and O–H groups in total. The van der Waals surface area contributed by atoms with E-state index < -0.39 is 0 Å². The van der Waals surface area contributed by atoms with Crippen LogP contribution in [0.25, 0.3) is 0 Å². The fourth-order valence-electron chi connectivity index (χ4n) is 2.06. The van der Waals surface area contributed by atoms with Gasteiger partial charge in [0.05, 0.1) is 6.04 Å². The van der Waals surface area contributed by atoms with Crippen molar-refractivity contribution in [3.8, 4) is 0 Å². The predicted molar refractivity (Wildman–Crippen MR) is 55.3 cm³/mol. The van der Waals surface area contributed by atoms with Gasteiger partial charge in [-0.05, 0) is 25.7 Å². The number of nitrogens with two attached hydrogens (primary N) is 1. The van der Waals surface area contributed by atoms with Gasteiger partial charge in [-0.2, -0.15) is 0 Å². The van der Waals surface area contributed by atoms with Gasteiger partial charge in [0.25, 0.3) is 0 Å². The molecule has 1 aromatic heterocycles. The fraction of sp³-hybridized carbons (Fsp3) is 0.700. The lowest BCUT2D eigenvalue weighted by Gasteiger charge is -2.32. The molecule has 0 aromatic carbocycles. The van der Waals surface area contributed by atoms with Crippen LogP contribution in [0.4, 0.5) is 0 Å². The molecule has 78 valence electrons. The van der Waals surface area contributed by atoms with Gasteiger partial charge in [0, 0.05) is 18.9 Å². The van der Waals surface area contributed by atoms with Crippen molar-refractivity contribution < 1.29 is 0 Å². The molecule has 1 atom stereocenters.